The number of hydrogen-bond donors (Lipinski definition) is 1. The molecule has 0 radical (unpaired) electrons. The lowest BCUT2D eigenvalue weighted by molar-refractivity contribution is -0.139. The Morgan fingerprint density at radius 3 is 2.83 bits per heavy atom. The Morgan fingerprint density at radius 1 is 1.46 bits per heavy atom. The maximum Gasteiger partial charge on any atom is 0.248 e. The summed E-state index contributed by atoms with van der Waals surface area (Å²) in [4.78, 5) is 30.6. The number of aromatic nitrogens is 1. The highest BCUT2D eigenvalue weighted by Crippen LogP contribution is 2.24. The van der Waals surface area contributed by atoms with E-state index in [9.17, 15) is 9.59 Å². The molecule has 0 bridgehead atoms. The summed E-state index contributed by atoms with van der Waals surface area (Å²) < 4.78 is 4.89. The lowest BCUT2D eigenvalue weighted by Gasteiger charge is -2.31. The van der Waals surface area contributed by atoms with Crippen LogP contribution in [-0.2, 0) is 26.3 Å². The molecule has 1 aromatic heterocycles. The second-order valence-corrected chi connectivity index (χ2v) is 8.15. The van der Waals surface area contributed by atoms with Crippen molar-refractivity contribution in [2.75, 3.05) is 26.8 Å². The second-order valence-electron chi connectivity index (χ2n) is 7.21. The number of carbonyl (C=O) groups excluding carboxylic acids is 2. The molecule has 2 rings (SSSR count). The Balaban J connectivity index is 1.86. The van der Waals surface area contributed by atoms with Crippen molar-refractivity contribution in [1.29, 1.82) is 0 Å². The first kappa shape index (κ1) is 18.9. The van der Waals surface area contributed by atoms with Crippen LogP contribution in [0.2, 0.25) is 0 Å². The van der Waals surface area contributed by atoms with E-state index in [1.54, 1.807) is 16.2 Å². The quantitative estimate of drug-likeness (QED) is 0.878. The van der Waals surface area contributed by atoms with Gasteiger partial charge in [-0.15, -0.1) is 11.3 Å². The van der Waals surface area contributed by atoms with Gasteiger partial charge in [0, 0.05) is 31.0 Å². The molecular formula is C17H27N3O3S. The van der Waals surface area contributed by atoms with Gasteiger partial charge in [-0.25, -0.2) is 4.98 Å². The third-order valence-corrected chi connectivity index (χ3v) is 5.00. The molecule has 0 saturated carbocycles. The summed E-state index contributed by atoms with van der Waals surface area (Å²) in [5.74, 6) is -0.205. The fourth-order valence-corrected chi connectivity index (χ4v) is 3.64. The standard InChI is InChI=1S/C17H27N3O3S/c1-17(2,3)13-11-24-14(19-13)8-18-16(22)12-6-5-7-20(9-12)15(21)10-23-4/h11-12H,5-10H2,1-4H3,(H,18,22)/t12-/m1/s1. The highest BCUT2D eigenvalue weighted by atomic mass is 32.1. The van der Waals surface area contributed by atoms with Crippen LogP contribution in [0.5, 0.6) is 0 Å². The number of hydrogen-bond acceptors (Lipinski definition) is 5. The average Bonchev–Trinajstić information content (AvgIpc) is 3.02. The molecule has 1 aromatic rings. The maximum atomic E-state index is 12.4. The summed E-state index contributed by atoms with van der Waals surface area (Å²) in [6, 6.07) is 0. The maximum absolute atomic E-state index is 12.4. The Bertz CT molecular complexity index is 580. The third kappa shape index (κ3) is 5.01. The molecule has 1 N–H and O–H groups in total. The van der Waals surface area contributed by atoms with Gasteiger partial charge in [-0.1, -0.05) is 20.8 Å². The van der Waals surface area contributed by atoms with Gasteiger partial charge in [0.1, 0.15) is 11.6 Å². The van der Waals surface area contributed by atoms with Gasteiger partial charge in [0.2, 0.25) is 11.8 Å². The van der Waals surface area contributed by atoms with Crippen molar-refractivity contribution in [1.82, 2.24) is 15.2 Å². The molecule has 1 aliphatic rings. The monoisotopic (exact) mass is 353 g/mol. The van der Waals surface area contributed by atoms with Crippen LogP contribution in [0.25, 0.3) is 0 Å². The first-order valence-electron chi connectivity index (χ1n) is 8.30. The molecule has 24 heavy (non-hydrogen) atoms. The zero-order valence-corrected chi connectivity index (χ0v) is 15.7. The number of thiazole rings is 1. The van der Waals surface area contributed by atoms with Crippen molar-refractivity contribution in [3.05, 3.63) is 16.1 Å². The van der Waals surface area contributed by atoms with E-state index in [1.165, 1.54) is 7.11 Å². The van der Waals surface area contributed by atoms with E-state index in [0.717, 1.165) is 23.5 Å². The molecule has 6 nitrogen and oxygen atoms in total. The number of piperidine rings is 1. The topological polar surface area (TPSA) is 71.5 Å². The molecule has 1 atom stereocenters. The van der Waals surface area contributed by atoms with E-state index in [4.69, 9.17) is 4.74 Å². The van der Waals surface area contributed by atoms with Gasteiger partial charge in [0.15, 0.2) is 0 Å². The predicted molar refractivity (Wildman–Crippen MR) is 93.8 cm³/mol. The normalized spacial score (nSPS) is 18.5. The zero-order valence-electron chi connectivity index (χ0n) is 14.9. The average molecular weight is 353 g/mol. The zero-order chi connectivity index (χ0) is 17.7. The minimum Gasteiger partial charge on any atom is -0.375 e. The summed E-state index contributed by atoms with van der Waals surface area (Å²) in [6.07, 6.45) is 1.66. The van der Waals surface area contributed by atoms with Gasteiger partial charge >= 0.3 is 0 Å². The van der Waals surface area contributed by atoms with Crippen molar-refractivity contribution >= 4 is 23.2 Å². The van der Waals surface area contributed by atoms with Crippen molar-refractivity contribution in [2.45, 2.75) is 45.6 Å². The molecule has 0 spiro atoms. The van der Waals surface area contributed by atoms with Crippen LogP contribution in [0.4, 0.5) is 0 Å². The molecule has 7 heteroatoms. The molecular weight excluding hydrogens is 326 g/mol. The lowest BCUT2D eigenvalue weighted by Crippen LogP contribution is -2.46. The number of ether oxygens (including phenoxy) is 1. The number of carbonyl (C=O) groups is 2. The van der Waals surface area contributed by atoms with Gasteiger partial charge in [-0.2, -0.15) is 0 Å². The Labute approximate surface area is 147 Å². The molecule has 1 aliphatic heterocycles. The fraction of sp³-hybridized carbons (Fsp3) is 0.706. The summed E-state index contributed by atoms with van der Waals surface area (Å²) >= 11 is 1.57. The van der Waals surface area contributed by atoms with E-state index in [2.05, 4.69) is 31.1 Å². The molecule has 0 aromatic carbocycles. The van der Waals surface area contributed by atoms with Crippen LogP contribution in [-0.4, -0.2) is 48.5 Å². The lowest BCUT2D eigenvalue weighted by atomic mass is 9.93. The molecule has 2 heterocycles. The molecule has 0 unspecified atom stereocenters. The third-order valence-electron chi connectivity index (χ3n) is 4.15. The number of methoxy groups -OCH3 is 1. The minimum atomic E-state index is -0.151. The molecule has 1 fully saturated rings. The molecule has 2 amide bonds. The number of nitrogens with zero attached hydrogens (tertiary/aromatic N) is 2. The van der Waals surface area contributed by atoms with E-state index < -0.39 is 0 Å². The first-order chi connectivity index (χ1) is 11.3. The second kappa shape index (κ2) is 8.07. The highest BCUT2D eigenvalue weighted by Gasteiger charge is 2.28. The van der Waals surface area contributed by atoms with Gasteiger partial charge < -0.3 is 15.0 Å². The van der Waals surface area contributed by atoms with Crippen LogP contribution in [0.15, 0.2) is 5.38 Å². The summed E-state index contributed by atoms with van der Waals surface area (Å²) in [6.45, 7) is 8.06. The van der Waals surface area contributed by atoms with Gasteiger partial charge in [0.05, 0.1) is 18.2 Å². The largest absolute Gasteiger partial charge is 0.375 e. The number of likely N-dealkylation sites (tertiary alicyclic amines) is 1. The SMILES string of the molecule is COCC(=O)N1CCC[C@@H](C(=O)NCc2nc(C(C)(C)C)cs2)C1. The Kier molecular flexibility index (Phi) is 6.34. The summed E-state index contributed by atoms with van der Waals surface area (Å²) in [7, 11) is 1.51. The van der Waals surface area contributed by atoms with Crippen molar-refractivity contribution in [2.24, 2.45) is 5.92 Å². The number of nitrogens with one attached hydrogen (secondary N) is 1. The van der Waals surface area contributed by atoms with Gasteiger partial charge in [-0.05, 0) is 12.8 Å². The van der Waals surface area contributed by atoms with Gasteiger partial charge in [-0.3, -0.25) is 9.59 Å². The smallest absolute Gasteiger partial charge is 0.248 e. The van der Waals surface area contributed by atoms with Crippen molar-refractivity contribution in [3.63, 3.8) is 0 Å². The van der Waals surface area contributed by atoms with E-state index in [1.807, 2.05) is 5.38 Å². The predicted octanol–water partition coefficient (Wildman–Crippen LogP) is 1.94. The van der Waals surface area contributed by atoms with E-state index >= 15 is 0 Å². The van der Waals surface area contributed by atoms with E-state index in [-0.39, 0.29) is 29.8 Å². The number of amides is 2. The van der Waals surface area contributed by atoms with E-state index in [0.29, 0.717) is 19.6 Å². The van der Waals surface area contributed by atoms with Crippen LogP contribution >= 0.6 is 11.3 Å². The Hall–Kier alpha value is -1.47. The van der Waals surface area contributed by atoms with Crippen LogP contribution in [0.3, 0.4) is 0 Å². The summed E-state index contributed by atoms with van der Waals surface area (Å²) in [5, 5.41) is 5.93. The van der Waals surface area contributed by atoms with Crippen LogP contribution < -0.4 is 5.32 Å². The Morgan fingerprint density at radius 2 is 2.21 bits per heavy atom. The van der Waals surface area contributed by atoms with Crippen LogP contribution in [0, 0.1) is 5.92 Å². The molecule has 1 saturated heterocycles. The van der Waals surface area contributed by atoms with Gasteiger partial charge in [0.25, 0.3) is 0 Å². The van der Waals surface area contributed by atoms with Crippen LogP contribution in [0.1, 0.15) is 44.3 Å². The minimum absolute atomic E-state index is 0.00238. The first-order valence-corrected chi connectivity index (χ1v) is 9.18. The summed E-state index contributed by atoms with van der Waals surface area (Å²) in [5.41, 5.74) is 1.07. The van der Waals surface area contributed by atoms with Crippen molar-refractivity contribution < 1.29 is 14.3 Å². The fourth-order valence-electron chi connectivity index (χ4n) is 2.68. The van der Waals surface area contributed by atoms with Crippen molar-refractivity contribution in [3.8, 4) is 0 Å². The molecule has 134 valence electrons. The molecule has 0 aliphatic carbocycles. The number of rotatable bonds is 5. The highest BCUT2D eigenvalue weighted by molar-refractivity contribution is 7.09.